The van der Waals surface area contributed by atoms with Gasteiger partial charge in [0.1, 0.15) is 6.54 Å². The average molecular weight is 281 g/mol. The SMILES string of the molecule is CCN(CC)C(=O)N(CC(F)(F)F)C1CCNCC1. The lowest BCUT2D eigenvalue weighted by Gasteiger charge is -2.37. The molecule has 0 spiro atoms. The van der Waals surface area contributed by atoms with Crippen LogP contribution in [0.2, 0.25) is 0 Å². The first kappa shape index (κ1) is 16.1. The molecule has 0 radical (unpaired) electrons. The summed E-state index contributed by atoms with van der Waals surface area (Å²) in [4.78, 5) is 14.6. The molecular weight excluding hydrogens is 259 g/mol. The quantitative estimate of drug-likeness (QED) is 0.856. The Bertz CT molecular complexity index is 286. The molecule has 0 aromatic carbocycles. The van der Waals surface area contributed by atoms with Crippen LogP contribution >= 0.6 is 0 Å². The minimum atomic E-state index is -4.35. The van der Waals surface area contributed by atoms with Crippen LogP contribution < -0.4 is 5.32 Å². The summed E-state index contributed by atoms with van der Waals surface area (Å²) in [5.41, 5.74) is 0. The molecule has 4 nitrogen and oxygen atoms in total. The van der Waals surface area contributed by atoms with E-state index in [0.29, 0.717) is 39.0 Å². The summed E-state index contributed by atoms with van der Waals surface area (Å²) in [6.45, 7) is 4.55. The van der Waals surface area contributed by atoms with Gasteiger partial charge in [-0.1, -0.05) is 0 Å². The van der Waals surface area contributed by atoms with Gasteiger partial charge in [0, 0.05) is 19.1 Å². The Balaban J connectivity index is 2.81. The summed E-state index contributed by atoms with van der Waals surface area (Å²) >= 11 is 0. The normalized spacial score (nSPS) is 17.3. The first-order valence-corrected chi connectivity index (χ1v) is 6.72. The predicted octanol–water partition coefficient (Wildman–Crippen LogP) is 2.06. The van der Waals surface area contributed by atoms with E-state index in [1.807, 2.05) is 0 Å². The van der Waals surface area contributed by atoms with E-state index in [4.69, 9.17) is 0 Å². The number of nitrogens with zero attached hydrogens (tertiary/aromatic N) is 2. The van der Waals surface area contributed by atoms with Crippen molar-refractivity contribution in [3.8, 4) is 0 Å². The monoisotopic (exact) mass is 281 g/mol. The number of piperidine rings is 1. The molecule has 19 heavy (non-hydrogen) atoms. The first-order valence-electron chi connectivity index (χ1n) is 6.72. The van der Waals surface area contributed by atoms with Gasteiger partial charge in [-0.2, -0.15) is 13.2 Å². The molecule has 0 aliphatic carbocycles. The van der Waals surface area contributed by atoms with Crippen molar-refractivity contribution in [2.45, 2.75) is 38.9 Å². The van der Waals surface area contributed by atoms with E-state index in [0.717, 1.165) is 4.90 Å². The van der Waals surface area contributed by atoms with E-state index in [1.165, 1.54) is 4.90 Å². The highest BCUT2D eigenvalue weighted by atomic mass is 19.4. The summed E-state index contributed by atoms with van der Waals surface area (Å²) < 4.78 is 38.0. The number of carbonyl (C=O) groups is 1. The number of hydrogen-bond donors (Lipinski definition) is 1. The maximum absolute atomic E-state index is 12.7. The number of urea groups is 1. The molecule has 1 aliphatic heterocycles. The molecule has 0 unspecified atom stereocenters. The number of rotatable bonds is 4. The maximum Gasteiger partial charge on any atom is 0.406 e. The Morgan fingerprint density at radius 3 is 2.16 bits per heavy atom. The third kappa shape index (κ3) is 4.89. The third-order valence-electron chi connectivity index (χ3n) is 3.38. The van der Waals surface area contributed by atoms with Crippen LogP contribution in [-0.2, 0) is 0 Å². The van der Waals surface area contributed by atoms with Crippen molar-refractivity contribution in [1.82, 2.24) is 15.1 Å². The summed E-state index contributed by atoms with van der Waals surface area (Å²) in [5.74, 6) is 0. The van der Waals surface area contributed by atoms with Crippen LogP contribution in [0.4, 0.5) is 18.0 Å². The van der Waals surface area contributed by atoms with Crippen LogP contribution in [-0.4, -0.2) is 60.8 Å². The zero-order valence-corrected chi connectivity index (χ0v) is 11.5. The lowest BCUT2D eigenvalue weighted by Crippen LogP contribution is -2.54. The van der Waals surface area contributed by atoms with Gasteiger partial charge in [-0.25, -0.2) is 4.79 Å². The van der Waals surface area contributed by atoms with E-state index < -0.39 is 18.8 Å². The minimum absolute atomic E-state index is 0.323. The maximum atomic E-state index is 12.7. The highest BCUT2D eigenvalue weighted by Gasteiger charge is 2.38. The highest BCUT2D eigenvalue weighted by Crippen LogP contribution is 2.22. The number of amides is 2. The summed E-state index contributed by atoms with van der Waals surface area (Å²) in [6.07, 6.45) is -3.21. The van der Waals surface area contributed by atoms with Crippen molar-refractivity contribution in [2.75, 3.05) is 32.7 Å². The molecule has 0 aromatic heterocycles. The minimum Gasteiger partial charge on any atom is -0.325 e. The lowest BCUT2D eigenvalue weighted by molar-refractivity contribution is -0.145. The molecule has 2 amide bonds. The topological polar surface area (TPSA) is 35.6 Å². The van der Waals surface area contributed by atoms with Crippen molar-refractivity contribution in [2.24, 2.45) is 0 Å². The van der Waals surface area contributed by atoms with E-state index in [2.05, 4.69) is 5.32 Å². The van der Waals surface area contributed by atoms with Crippen molar-refractivity contribution in [1.29, 1.82) is 0 Å². The third-order valence-corrected chi connectivity index (χ3v) is 3.38. The Hall–Kier alpha value is -0.980. The van der Waals surface area contributed by atoms with E-state index >= 15 is 0 Å². The Kier molecular flexibility index (Phi) is 5.90. The summed E-state index contributed by atoms with van der Waals surface area (Å²) in [5, 5.41) is 3.10. The molecule has 7 heteroatoms. The van der Waals surface area contributed by atoms with Crippen LogP contribution in [0.15, 0.2) is 0 Å². The molecule has 0 saturated carbocycles. The smallest absolute Gasteiger partial charge is 0.325 e. The molecular formula is C12H22F3N3O. The van der Waals surface area contributed by atoms with Crippen LogP contribution in [0.1, 0.15) is 26.7 Å². The van der Waals surface area contributed by atoms with E-state index in [-0.39, 0.29) is 6.04 Å². The van der Waals surface area contributed by atoms with Gasteiger partial charge < -0.3 is 15.1 Å². The zero-order chi connectivity index (χ0) is 14.5. The molecule has 0 atom stereocenters. The Labute approximate surface area is 111 Å². The molecule has 112 valence electrons. The fraction of sp³-hybridized carbons (Fsp3) is 0.917. The molecule has 1 rings (SSSR count). The first-order chi connectivity index (χ1) is 8.89. The van der Waals surface area contributed by atoms with Crippen molar-refractivity contribution in [3.63, 3.8) is 0 Å². The summed E-state index contributed by atoms with van der Waals surface area (Å²) in [6, 6.07) is -0.829. The van der Waals surface area contributed by atoms with Crippen molar-refractivity contribution < 1.29 is 18.0 Å². The number of carbonyl (C=O) groups excluding carboxylic acids is 1. The van der Waals surface area contributed by atoms with Gasteiger partial charge in [-0.15, -0.1) is 0 Å². The largest absolute Gasteiger partial charge is 0.406 e. The van der Waals surface area contributed by atoms with Crippen molar-refractivity contribution >= 4 is 6.03 Å². The number of alkyl halides is 3. The van der Waals surface area contributed by atoms with Crippen LogP contribution in [0.5, 0.6) is 0 Å². The van der Waals surface area contributed by atoms with Crippen molar-refractivity contribution in [3.05, 3.63) is 0 Å². The highest BCUT2D eigenvalue weighted by molar-refractivity contribution is 5.74. The molecule has 1 N–H and O–H groups in total. The van der Waals surface area contributed by atoms with E-state index in [1.54, 1.807) is 13.8 Å². The van der Waals surface area contributed by atoms with Crippen LogP contribution in [0.3, 0.4) is 0 Å². The fourth-order valence-electron chi connectivity index (χ4n) is 2.34. The van der Waals surface area contributed by atoms with Gasteiger partial charge in [0.2, 0.25) is 0 Å². The average Bonchev–Trinajstić information content (AvgIpc) is 2.37. The second-order valence-corrected chi connectivity index (χ2v) is 4.68. The lowest BCUT2D eigenvalue weighted by atomic mass is 10.1. The number of hydrogen-bond acceptors (Lipinski definition) is 2. The van der Waals surface area contributed by atoms with Gasteiger partial charge in [0.05, 0.1) is 0 Å². The predicted molar refractivity (Wildman–Crippen MR) is 67.0 cm³/mol. The van der Waals surface area contributed by atoms with Crippen LogP contribution in [0, 0.1) is 0 Å². The van der Waals surface area contributed by atoms with Gasteiger partial charge in [-0.3, -0.25) is 0 Å². The van der Waals surface area contributed by atoms with Gasteiger partial charge in [0.25, 0.3) is 0 Å². The van der Waals surface area contributed by atoms with Gasteiger partial charge >= 0.3 is 12.2 Å². The molecule has 1 fully saturated rings. The van der Waals surface area contributed by atoms with Crippen LogP contribution in [0.25, 0.3) is 0 Å². The Morgan fingerprint density at radius 2 is 1.74 bits per heavy atom. The number of halogens is 3. The summed E-state index contributed by atoms with van der Waals surface area (Å²) in [7, 11) is 0. The fourth-order valence-corrected chi connectivity index (χ4v) is 2.34. The Morgan fingerprint density at radius 1 is 1.21 bits per heavy atom. The second kappa shape index (κ2) is 6.98. The van der Waals surface area contributed by atoms with E-state index in [9.17, 15) is 18.0 Å². The second-order valence-electron chi connectivity index (χ2n) is 4.68. The molecule has 0 aromatic rings. The molecule has 0 bridgehead atoms. The molecule has 1 heterocycles. The molecule has 1 aliphatic rings. The number of nitrogens with one attached hydrogen (secondary N) is 1. The molecule has 1 saturated heterocycles. The van der Waals surface area contributed by atoms with Gasteiger partial charge in [0.15, 0.2) is 0 Å². The standard InChI is InChI=1S/C12H22F3N3O/c1-3-17(4-2)11(19)18(9-12(13,14)15)10-5-7-16-8-6-10/h10,16H,3-9H2,1-2H3. The zero-order valence-electron chi connectivity index (χ0n) is 11.5. The van der Waals surface area contributed by atoms with Gasteiger partial charge in [-0.05, 0) is 39.8 Å².